The second-order valence-electron chi connectivity index (χ2n) is 5.70. The maximum absolute atomic E-state index is 12.6. The molecule has 0 spiro atoms. The van der Waals surface area contributed by atoms with Crippen molar-refractivity contribution in [2.75, 3.05) is 19.7 Å². The first-order valence-corrected chi connectivity index (χ1v) is 7.81. The van der Waals surface area contributed by atoms with Gasteiger partial charge in [0.25, 0.3) is 0 Å². The van der Waals surface area contributed by atoms with E-state index >= 15 is 0 Å². The molecule has 2 amide bonds. The fourth-order valence-electron chi connectivity index (χ4n) is 2.83. The van der Waals surface area contributed by atoms with Gasteiger partial charge in [-0.15, -0.1) is 0 Å². The Morgan fingerprint density at radius 2 is 2.05 bits per heavy atom. The number of aliphatic hydroxyl groups excluding tert-OH is 1. The topological polar surface area (TPSA) is 60.9 Å². The predicted molar refractivity (Wildman–Crippen MR) is 84.1 cm³/mol. The average Bonchev–Trinajstić information content (AvgIpc) is 2.87. The van der Waals surface area contributed by atoms with Gasteiger partial charge in [0, 0.05) is 26.1 Å². The summed E-state index contributed by atoms with van der Waals surface area (Å²) in [6, 6.07) is 7.61. The number of likely N-dealkylation sites (N-methyl/N-ethyl adjacent to an activating group) is 1. The number of benzene rings is 1. The zero-order valence-electron chi connectivity index (χ0n) is 13.3. The molecule has 1 aliphatic rings. The van der Waals surface area contributed by atoms with Crippen molar-refractivity contribution >= 4 is 11.8 Å². The van der Waals surface area contributed by atoms with E-state index in [-0.39, 0.29) is 18.4 Å². The van der Waals surface area contributed by atoms with Crippen molar-refractivity contribution in [3.05, 3.63) is 35.4 Å². The van der Waals surface area contributed by atoms with Crippen molar-refractivity contribution in [2.45, 2.75) is 39.3 Å². The first kappa shape index (κ1) is 16.5. The molecule has 0 aliphatic carbocycles. The third-order valence-electron chi connectivity index (χ3n) is 4.15. The molecule has 0 saturated carbocycles. The quantitative estimate of drug-likeness (QED) is 0.862. The minimum atomic E-state index is -0.402. The van der Waals surface area contributed by atoms with E-state index in [1.165, 1.54) is 5.56 Å². The largest absolute Gasteiger partial charge is 0.395 e. The minimum absolute atomic E-state index is 0.0268. The molecule has 1 aromatic rings. The Kier molecular flexibility index (Phi) is 5.55. The summed E-state index contributed by atoms with van der Waals surface area (Å²) in [5.41, 5.74) is 2.20. The highest BCUT2D eigenvalue weighted by Crippen LogP contribution is 2.23. The van der Waals surface area contributed by atoms with Crippen LogP contribution in [-0.2, 0) is 16.1 Å². The van der Waals surface area contributed by atoms with Crippen molar-refractivity contribution in [2.24, 2.45) is 0 Å². The van der Waals surface area contributed by atoms with Crippen LogP contribution in [0.25, 0.3) is 0 Å². The van der Waals surface area contributed by atoms with E-state index in [1.54, 1.807) is 9.80 Å². The summed E-state index contributed by atoms with van der Waals surface area (Å²) < 4.78 is 0. The van der Waals surface area contributed by atoms with Crippen LogP contribution in [0.1, 0.15) is 30.9 Å². The van der Waals surface area contributed by atoms with Crippen LogP contribution in [0.5, 0.6) is 0 Å². The molecule has 1 heterocycles. The van der Waals surface area contributed by atoms with E-state index in [4.69, 9.17) is 5.11 Å². The number of carbonyl (C=O) groups is 2. The molecule has 0 aromatic heterocycles. The summed E-state index contributed by atoms with van der Waals surface area (Å²) >= 11 is 0. The van der Waals surface area contributed by atoms with E-state index < -0.39 is 6.04 Å². The van der Waals surface area contributed by atoms with Crippen LogP contribution in [-0.4, -0.2) is 52.5 Å². The van der Waals surface area contributed by atoms with Gasteiger partial charge in [0.05, 0.1) is 6.61 Å². The fourth-order valence-corrected chi connectivity index (χ4v) is 2.83. The van der Waals surface area contributed by atoms with Crippen LogP contribution in [0, 0.1) is 6.92 Å². The molecular formula is C17H24N2O3. The summed E-state index contributed by atoms with van der Waals surface area (Å²) in [4.78, 5) is 28.0. The van der Waals surface area contributed by atoms with Crippen LogP contribution in [0.4, 0.5) is 0 Å². The fraction of sp³-hybridized carbons (Fsp3) is 0.529. The molecule has 22 heavy (non-hydrogen) atoms. The number of hydrogen-bond donors (Lipinski definition) is 1. The number of amides is 2. The van der Waals surface area contributed by atoms with Gasteiger partial charge in [-0.25, -0.2) is 0 Å². The van der Waals surface area contributed by atoms with E-state index in [9.17, 15) is 9.59 Å². The summed E-state index contributed by atoms with van der Waals surface area (Å²) in [5, 5.41) is 9.06. The lowest BCUT2D eigenvalue weighted by Crippen LogP contribution is -2.47. The Hall–Kier alpha value is -1.88. The summed E-state index contributed by atoms with van der Waals surface area (Å²) in [7, 11) is 0. The van der Waals surface area contributed by atoms with Crippen molar-refractivity contribution in [1.82, 2.24) is 9.80 Å². The van der Waals surface area contributed by atoms with Gasteiger partial charge >= 0.3 is 0 Å². The van der Waals surface area contributed by atoms with E-state index in [0.717, 1.165) is 5.56 Å². The van der Waals surface area contributed by atoms with Gasteiger partial charge < -0.3 is 14.9 Å². The number of nitrogens with zero attached hydrogens (tertiary/aromatic N) is 2. The maximum atomic E-state index is 12.6. The number of hydrogen-bond acceptors (Lipinski definition) is 3. The number of aryl methyl sites for hydroxylation is 1. The lowest BCUT2D eigenvalue weighted by Gasteiger charge is -2.29. The highest BCUT2D eigenvalue weighted by atomic mass is 16.3. The third-order valence-corrected chi connectivity index (χ3v) is 4.15. The van der Waals surface area contributed by atoms with E-state index in [1.807, 2.05) is 38.1 Å². The number of aliphatic hydroxyl groups is 1. The van der Waals surface area contributed by atoms with Gasteiger partial charge in [0.1, 0.15) is 6.04 Å². The van der Waals surface area contributed by atoms with Crippen LogP contribution in [0.2, 0.25) is 0 Å². The standard InChI is InChI=1S/C17H24N2O3/c1-3-18(10-11-20)17(22)15-8-9-16(21)19(15)12-14-6-4-13(2)5-7-14/h4-7,15,20H,3,8-12H2,1-2H3. The first-order chi connectivity index (χ1) is 10.6. The smallest absolute Gasteiger partial charge is 0.245 e. The third kappa shape index (κ3) is 3.65. The molecule has 1 N–H and O–H groups in total. The normalized spacial score (nSPS) is 17.9. The minimum Gasteiger partial charge on any atom is -0.395 e. The molecule has 1 fully saturated rings. The van der Waals surface area contributed by atoms with Gasteiger partial charge in [-0.05, 0) is 25.8 Å². The SMILES string of the molecule is CCN(CCO)C(=O)C1CCC(=O)N1Cc1ccc(C)cc1. The highest BCUT2D eigenvalue weighted by Gasteiger charge is 2.37. The monoisotopic (exact) mass is 304 g/mol. The zero-order valence-corrected chi connectivity index (χ0v) is 13.3. The molecule has 0 radical (unpaired) electrons. The second kappa shape index (κ2) is 7.40. The van der Waals surface area contributed by atoms with E-state index in [0.29, 0.717) is 32.5 Å². The Bertz CT molecular complexity index is 527. The number of carbonyl (C=O) groups excluding carboxylic acids is 2. The van der Waals surface area contributed by atoms with E-state index in [2.05, 4.69) is 0 Å². The molecule has 5 heteroatoms. The summed E-state index contributed by atoms with van der Waals surface area (Å²) in [6.07, 6.45) is 0.977. The average molecular weight is 304 g/mol. The van der Waals surface area contributed by atoms with Crippen LogP contribution >= 0.6 is 0 Å². The molecule has 1 unspecified atom stereocenters. The molecule has 5 nitrogen and oxygen atoms in total. The molecule has 1 atom stereocenters. The molecular weight excluding hydrogens is 280 g/mol. The van der Waals surface area contributed by atoms with Crippen molar-refractivity contribution in [1.29, 1.82) is 0 Å². The molecule has 1 aliphatic heterocycles. The Morgan fingerprint density at radius 1 is 1.36 bits per heavy atom. The maximum Gasteiger partial charge on any atom is 0.245 e. The number of rotatable bonds is 6. The van der Waals surface area contributed by atoms with Gasteiger partial charge in [-0.1, -0.05) is 29.8 Å². The molecule has 2 rings (SSSR count). The lowest BCUT2D eigenvalue weighted by atomic mass is 10.1. The van der Waals surface area contributed by atoms with Crippen LogP contribution in [0.15, 0.2) is 24.3 Å². The molecule has 1 saturated heterocycles. The lowest BCUT2D eigenvalue weighted by molar-refractivity contribution is -0.142. The second-order valence-corrected chi connectivity index (χ2v) is 5.70. The van der Waals surface area contributed by atoms with Gasteiger partial charge in [-0.2, -0.15) is 0 Å². The molecule has 120 valence electrons. The Morgan fingerprint density at radius 3 is 2.64 bits per heavy atom. The van der Waals surface area contributed by atoms with Crippen LogP contribution < -0.4 is 0 Å². The Labute approximate surface area is 131 Å². The zero-order chi connectivity index (χ0) is 16.1. The van der Waals surface area contributed by atoms with Crippen molar-refractivity contribution in [3.8, 4) is 0 Å². The van der Waals surface area contributed by atoms with Crippen LogP contribution in [0.3, 0.4) is 0 Å². The summed E-state index contributed by atoms with van der Waals surface area (Å²) in [5.74, 6) is -0.0338. The first-order valence-electron chi connectivity index (χ1n) is 7.81. The molecule has 1 aromatic carbocycles. The van der Waals surface area contributed by atoms with Crippen molar-refractivity contribution < 1.29 is 14.7 Å². The number of likely N-dealkylation sites (tertiary alicyclic amines) is 1. The summed E-state index contributed by atoms with van der Waals surface area (Å²) in [6.45, 7) is 5.17. The highest BCUT2D eigenvalue weighted by molar-refractivity contribution is 5.90. The van der Waals surface area contributed by atoms with Gasteiger partial charge in [0.2, 0.25) is 11.8 Å². The Balaban J connectivity index is 2.11. The van der Waals surface area contributed by atoms with Gasteiger partial charge in [-0.3, -0.25) is 9.59 Å². The van der Waals surface area contributed by atoms with Crippen molar-refractivity contribution in [3.63, 3.8) is 0 Å². The predicted octanol–water partition coefficient (Wildman–Crippen LogP) is 1.33. The molecule has 0 bridgehead atoms. The van der Waals surface area contributed by atoms with Gasteiger partial charge in [0.15, 0.2) is 0 Å².